The zero-order valence-corrected chi connectivity index (χ0v) is 17.1. The van der Waals surface area contributed by atoms with Crippen molar-refractivity contribution in [3.05, 3.63) is 47.9 Å². The van der Waals surface area contributed by atoms with E-state index in [0.717, 1.165) is 18.4 Å². The zero-order chi connectivity index (χ0) is 22.2. The van der Waals surface area contributed by atoms with E-state index in [1.165, 1.54) is 12.3 Å². The van der Waals surface area contributed by atoms with E-state index in [4.69, 9.17) is 9.15 Å². The summed E-state index contributed by atoms with van der Waals surface area (Å²) in [7, 11) is 0. The third-order valence-electron chi connectivity index (χ3n) is 4.58. The number of furan rings is 1. The van der Waals surface area contributed by atoms with Crippen LogP contribution in [0.5, 0.6) is 11.5 Å². The minimum Gasteiger partial charge on any atom is -0.490 e. The monoisotopic (exact) mass is 437 g/mol. The number of rotatable bonds is 11. The molecule has 2 aromatic rings. The van der Waals surface area contributed by atoms with Gasteiger partial charge in [0.05, 0.1) is 26.0 Å². The number of halogens is 2. The van der Waals surface area contributed by atoms with E-state index < -0.39 is 18.5 Å². The first-order valence-electron chi connectivity index (χ1n) is 9.99. The van der Waals surface area contributed by atoms with Gasteiger partial charge in [0.25, 0.3) is 0 Å². The van der Waals surface area contributed by atoms with Gasteiger partial charge in [0.2, 0.25) is 5.91 Å². The molecule has 3 amide bonds. The van der Waals surface area contributed by atoms with E-state index in [1.807, 2.05) is 4.90 Å². The lowest BCUT2D eigenvalue weighted by molar-refractivity contribution is -0.121. The number of nitrogens with one attached hydrogen (secondary N) is 2. The number of urea groups is 1. The van der Waals surface area contributed by atoms with Crippen molar-refractivity contribution in [1.82, 2.24) is 15.5 Å². The van der Waals surface area contributed by atoms with Crippen LogP contribution in [0.4, 0.5) is 13.6 Å². The Morgan fingerprint density at radius 2 is 2.06 bits per heavy atom. The van der Waals surface area contributed by atoms with Gasteiger partial charge in [0.1, 0.15) is 5.76 Å². The summed E-state index contributed by atoms with van der Waals surface area (Å²) in [5, 5.41) is 4.86. The molecule has 1 fully saturated rings. The fraction of sp³-hybridized carbons (Fsp3) is 0.429. The topological polar surface area (TPSA) is 93.0 Å². The summed E-state index contributed by atoms with van der Waals surface area (Å²) in [4.78, 5) is 26.2. The Morgan fingerprint density at radius 1 is 1.26 bits per heavy atom. The summed E-state index contributed by atoms with van der Waals surface area (Å²) >= 11 is 0. The number of alkyl halides is 2. The van der Waals surface area contributed by atoms with Crippen LogP contribution in [0, 0.1) is 0 Å². The van der Waals surface area contributed by atoms with Gasteiger partial charge in [-0.15, -0.1) is 0 Å². The second-order valence-electron chi connectivity index (χ2n) is 7.04. The highest BCUT2D eigenvalue weighted by atomic mass is 19.3. The van der Waals surface area contributed by atoms with Gasteiger partial charge >= 0.3 is 12.6 Å². The van der Waals surface area contributed by atoms with E-state index in [1.54, 1.807) is 31.2 Å². The predicted octanol–water partition coefficient (Wildman–Crippen LogP) is 3.27. The van der Waals surface area contributed by atoms with E-state index in [2.05, 4.69) is 15.4 Å². The van der Waals surface area contributed by atoms with Gasteiger partial charge in [-0.25, -0.2) is 4.79 Å². The summed E-state index contributed by atoms with van der Waals surface area (Å²) in [6.07, 6.45) is 3.39. The van der Waals surface area contributed by atoms with Crippen molar-refractivity contribution in [2.45, 2.75) is 45.5 Å². The van der Waals surface area contributed by atoms with Crippen LogP contribution in [0.2, 0.25) is 0 Å². The quantitative estimate of drug-likeness (QED) is 0.561. The first-order valence-corrected chi connectivity index (χ1v) is 9.99. The van der Waals surface area contributed by atoms with E-state index in [-0.39, 0.29) is 30.6 Å². The Kier molecular flexibility index (Phi) is 7.82. The molecule has 1 aliphatic carbocycles. The van der Waals surface area contributed by atoms with Crippen LogP contribution in [0.25, 0.3) is 0 Å². The molecule has 31 heavy (non-hydrogen) atoms. The van der Waals surface area contributed by atoms with E-state index in [0.29, 0.717) is 18.9 Å². The molecule has 1 aromatic heterocycles. The first-order chi connectivity index (χ1) is 14.9. The number of ether oxygens (including phenoxy) is 2. The second kappa shape index (κ2) is 10.8. The third kappa shape index (κ3) is 7.25. The molecule has 0 radical (unpaired) electrons. The Morgan fingerprint density at radius 3 is 2.71 bits per heavy atom. The molecule has 10 heteroatoms. The average molecular weight is 437 g/mol. The van der Waals surface area contributed by atoms with Crippen LogP contribution in [0.15, 0.2) is 41.0 Å². The Bertz CT molecular complexity index is 872. The molecule has 0 bridgehead atoms. The number of hydrogen-bond donors (Lipinski definition) is 2. The maximum absolute atomic E-state index is 12.6. The average Bonchev–Trinajstić information content (AvgIpc) is 3.43. The van der Waals surface area contributed by atoms with Crippen LogP contribution in [-0.4, -0.2) is 42.6 Å². The van der Waals surface area contributed by atoms with Gasteiger partial charge in [0.15, 0.2) is 11.5 Å². The smallest absolute Gasteiger partial charge is 0.387 e. The number of amides is 3. The van der Waals surface area contributed by atoms with Crippen LogP contribution in [-0.2, 0) is 17.9 Å². The number of carbonyl (C=O) groups excluding carboxylic acids is 2. The maximum Gasteiger partial charge on any atom is 0.387 e. The molecule has 0 atom stereocenters. The molecule has 1 heterocycles. The van der Waals surface area contributed by atoms with Gasteiger partial charge in [-0.3, -0.25) is 15.0 Å². The highest BCUT2D eigenvalue weighted by Gasteiger charge is 2.31. The van der Waals surface area contributed by atoms with Gasteiger partial charge < -0.3 is 19.2 Å². The summed E-state index contributed by atoms with van der Waals surface area (Å²) < 4.78 is 40.2. The lowest BCUT2D eigenvalue weighted by Crippen LogP contribution is -2.44. The molecule has 1 saturated carbocycles. The Labute approximate surface area is 178 Å². The minimum absolute atomic E-state index is 0.0259. The van der Waals surface area contributed by atoms with Crippen molar-refractivity contribution in [3.63, 3.8) is 0 Å². The summed E-state index contributed by atoms with van der Waals surface area (Å²) in [5.74, 6) is 0.320. The lowest BCUT2D eigenvalue weighted by Gasteiger charge is -2.22. The molecule has 8 nitrogen and oxygen atoms in total. The summed E-state index contributed by atoms with van der Waals surface area (Å²) in [5.41, 5.74) is 0.784. The molecule has 1 aromatic carbocycles. The number of imide groups is 1. The number of nitrogens with zero attached hydrogens (tertiary/aromatic N) is 1. The number of benzene rings is 1. The molecule has 0 unspecified atom stereocenters. The van der Waals surface area contributed by atoms with Crippen molar-refractivity contribution in [1.29, 1.82) is 0 Å². The second-order valence-corrected chi connectivity index (χ2v) is 7.04. The molecule has 2 N–H and O–H groups in total. The first kappa shape index (κ1) is 22.5. The standard InChI is InChI=1S/C21H25F2N3O5/c1-2-29-18-10-14(5-8-17(18)31-20(22)23)12-26(15-6-7-15)13-19(27)25-21(28)24-11-16-4-3-9-30-16/h3-5,8-10,15,20H,2,6-7,11-13H2,1H3,(H2,24,25,27,28). The fourth-order valence-corrected chi connectivity index (χ4v) is 3.08. The largest absolute Gasteiger partial charge is 0.490 e. The molecule has 168 valence electrons. The highest BCUT2D eigenvalue weighted by Crippen LogP contribution is 2.32. The van der Waals surface area contributed by atoms with Crippen molar-refractivity contribution < 1.29 is 32.3 Å². The van der Waals surface area contributed by atoms with Crippen LogP contribution < -0.4 is 20.1 Å². The van der Waals surface area contributed by atoms with Gasteiger partial charge in [-0.1, -0.05) is 6.07 Å². The molecule has 3 rings (SSSR count). The van der Waals surface area contributed by atoms with Gasteiger partial charge in [0, 0.05) is 12.6 Å². The lowest BCUT2D eigenvalue weighted by atomic mass is 10.2. The zero-order valence-electron chi connectivity index (χ0n) is 17.1. The third-order valence-corrected chi connectivity index (χ3v) is 4.58. The van der Waals surface area contributed by atoms with Crippen molar-refractivity contribution in [2.24, 2.45) is 0 Å². The van der Waals surface area contributed by atoms with E-state index >= 15 is 0 Å². The van der Waals surface area contributed by atoms with E-state index in [9.17, 15) is 18.4 Å². The van der Waals surface area contributed by atoms with Crippen molar-refractivity contribution in [3.8, 4) is 11.5 Å². The minimum atomic E-state index is -2.95. The van der Waals surface area contributed by atoms with Crippen LogP contribution in [0.3, 0.4) is 0 Å². The Balaban J connectivity index is 1.56. The van der Waals surface area contributed by atoms with Crippen LogP contribution in [0.1, 0.15) is 31.1 Å². The van der Waals surface area contributed by atoms with Crippen molar-refractivity contribution in [2.75, 3.05) is 13.2 Å². The van der Waals surface area contributed by atoms with Crippen LogP contribution >= 0.6 is 0 Å². The SMILES string of the molecule is CCOc1cc(CN(CC(=O)NC(=O)NCc2ccco2)C2CC2)ccc1OC(F)F. The molecule has 0 aliphatic heterocycles. The van der Waals surface area contributed by atoms with Crippen molar-refractivity contribution >= 4 is 11.9 Å². The highest BCUT2D eigenvalue weighted by molar-refractivity contribution is 5.95. The number of carbonyl (C=O) groups is 2. The Hall–Kier alpha value is -3.14. The summed E-state index contributed by atoms with van der Waals surface area (Å²) in [6, 6.07) is 7.75. The van der Waals surface area contributed by atoms with Gasteiger partial charge in [-0.2, -0.15) is 8.78 Å². The molecular formula is C21H25F2N3O5. The fourth-order valence-electron chi connectivity index (χ4n) is 3.08. The molecular weight excluding hydrogens is 412 g/mol. The predicted molar refractivity (Wildman–Crippen MR) is 107 cm³/mol. The molecule has 1 aliphatic rings. The molecule has 0 saturated heterocycles. The van der Waals surface area contributed by atoms with Gasteiger partial charge in [-0.05, 0) is 49.6 Å². The summed E-state index contributed by atoms with van der Waals surface area (Å²) in [6.45, 7) is -0.303. The maximum atomic E-state index is 12.6. The normalized spacial score (nSPS) is 13.3. The number of hydrogen-bond acceptors (Lipinski definition) is 6. The molecule has 0 spiro atoms.